The molecule has 5 nitrogen and oxygen atoms in total. The van der Waals surface area contributed by atoms with E-state index in [1.807, 2.05) is 6.07 Å². The van der Waals surface area contributed by atoms with Crippen LogP contribution in [0.5, 0.6) is 0 Å². The van der Waals surface area contributed by atoms with Crippen LogP contribution in [0.3, 0.4) is 0 Å². The summed E-state index contributed by atoms with van der Waals surface area (Å²) in [5.41, 5.74) is 1.26. The van der Waals surface area contributed by atoms with Gasteiger partial charge in [-0.3, -0.25) is 9.69 Å². The van der Waals surface area contributed by atoms with Crippen molar-refractivity contribution >= 4 is 17.9 Å². The maximum atomic E-state index is 11.9. The standard InChI is InChI=1S/C15H17N3O2/c16-9-12-1-3-14(4-2-12)17-15(20)10-18-7-5-13(11-19)6-8-18/h1-4,11,13H,5-8,10H2,(H,17,20). The van der Waals surface area contributed by atoms with Crippen molar-refractivity contribution in [2.24, 2.45) is 5.92 Å². The number of hydrogen-bond donors (Lipinski definition) is 1. The number of amides is 1. The number of benzene rings is 1. The Morgan fingerprint density at radius 1 is 1.35 bits per heavy atom. The van der Waals surface area contributed by atoms with Crippen molar-refractivity contribution in [1.29, 1.82) is 5.26 Å². The average molecular weight is 271 g/mol. The lowest BCUT2D eigenvalue weighted by Crippen LogP contribution is -2.39. The summed E-state index contributed by atoms with van der Waals surface area (Å²) in [4.78, 5) is 24.6. The normalized spacial score (nSPS) is 16.4. The van der Waals surface area contributed by atoms with Crippen molar-refractivity contribution < 1.29 is 9.59 Å². The number of anilines is 1. The van der Waals surface area contributed by atoms with E-state index in [1.54, 1.807) is 24.3 Å². The van der Waals surface area contributed by atoms with E-state index in [2.05, 4.69) is 10.2 Å². The lowest BCUT2D eigenvalue weighted by molar-refractivity contribution is -0.117. The Balaban J connectivity index is 1.80. The third-order valence-electron chi connectivity index (χ3n) is 3.49. The molecule has 1 aromatic rings. The molecule has 1 fully saturated rings. The minimum atomic E-state index is -0.0701. The number of piperidine rings is 1. The van der Waals surface area contributed by atoms with Gasteiger partial charge in [0, 0.05) is 11.6 Å². The Kier molecular flexibility index (Phi) is 4.85. The number of nitrogens with one attached hydrogen (secondary N) is 1. The molecule has 1 aromatic carbocycles. The third-order valence-corrected chi connectivity index (χ3v) is 3.49. The lowest BCUT2D eigenvalue weighted by Gasteiger charge is -2.28. The quantitative estimate of drug-likeness (QED) is 0.840. The second kappa shape index (κ2) is 6.83. The summed E-state index contributed by atoms with van der Waals surface area (Å²) in [6, 6.07) is 8.81. The Bertz CT molecular complexity index is 511. The average Bonchev–Trinajstić information content (AvgIpc) is 2.49. The van der Waals surface area contributed by atoms with Gasteiger partial charge < -0.3 is 10.1 Å². The largest absolute Gasteiger partial charge is 0.325 e. The summed E-state index contributed by atoms with van der Waals surface area (Å²) in [6.07, 6.45) is 2.66. The number of nitrogens with zero attached hydrogens (tertiary/aromatic N) is 2. The van der Waals surface area contributed by atoms with E-state index in [4.69, 9.17) is 5.26 Å². The first-order valence-corrected chi connectivity index (χ1v) is 6.69. The molecule has 1 aliphatic rings. The molecule has 0 aromatic heterocycles. The van der Waals surface area contributed by atoms with Gasteiger partial charge in [0.05, 0.1) is 18.2 Å². The molecule has 1 aliphatic heterocycles. The molecular weight excluding hydrogens is 254 g/mol. The van der Waals surface area contributed by atoms with Crippen LogP contribution >= 0.6 is 0 Å². The molecule has 0 bridgehead atoms. The van der Waals surface area contributed by atoms with Gasteiger partial charge in [-0.2, -0.15) is 5.26 Å². The fourth-order valence-electron chi connectivity index (χ4n) is 2.28. The molecule has 1 heterocycles. The van der Waals surface area contributed by atoms with E-state index in [9.17, 15) is 9.59 Å². The molecule has 1 saturated heterocycles. The molecule has 20 heavy (non-hydrogen) atoms. The maximum absolute atomic E-state index is 11.9. The van der Waals surface area contributed by atoms with Gasteiger partial charge in [0.2, 0.25) is 5.91 Å². The second-order valence-corrected chi connectivity index (χ2v) is 4.99. The summed E-state index contributed by atoms with van der Waals surface area (Å²) < 4.78 is 0. The molecule has 0 radical (unpaired) electrons. The first kappa shape index (κ1) is 14.2. The molecule has 5 heteroatoms. The summed E-state index contributed by atoms with van der Waals surface area (Å²) in [6.45, 7) is 1.90. The van der Waals surface area contributed by atoms with Crippen LogP contribution in [0.4, 0.5) is 5.69 Å². The van der Waals surface area contributed by atoms with E-state index in [-0.39, 0.29) is 11.8 Å². The van der Waals surface area contributed by atoms with Crippen molar-refractivity contribution in [3.05, 3.63) is 29.8 Å². The highest BCUT2D eigenvalue weighted by Gasteiger charge is 2.20. The number of rotatable bonds is 4. The molecule has 0 aliphatic carbocycles. The molecule has 0 saturated carbocycles. The van der Waals surface area contributed by atoms with Gasteiger partial charge in [-0.1, -0.05) is 0 Å². The van der Waals surface area contributed by atoms with Crippen molar-refractivity contribution in [2.75, 3.05) is 25.0 Å². The highest BCUT2D eigenvalue weighted by Crippen LogP contribution is 2.15. The zero-order chi connectivity index (χ0) is 14.4. The Morgan fingerprint density at radius 3 is 2.55 bits per heavy atom. The lowest BCUT2D eigenvalue weighted by atomic mass is 9.99. The van der Waals surface area contributed by atoms with Crippen molar-refractivity contribution in [1.82, 2.24) is 4.90 Å². The number of aldehydes is 1. The van der Waals surface area contributed by atoms with Gasteiger partial charge in [0.15, 0.2) is 0 Å². The van der Waals surface area contributed by atoms with E-state index in [1.165, 1.54) is 0 Å². The minimum Gasteiger partial charge on any atom is -0.325 e. The van der Waals surface area contributed by atoms with Crippen molar-refractivity contribution in [2.45, 2.75) is 12.8 Å². The van der Waals surface area contributed by atoms with Crippen LogP contribution in [-0.4, -0.2) is 36.7 Å². The Hall–Kier alpha value is -2.19. The number of carbonyl (C=O) groups is 2. The molecule has 1 N–H and O–H groups in total. The van der Waals surface area contributed by atoms with E-state index < -0.39 is 0 Å². The monoisotopic (exact) mass is 271 g/mol. The fraction of sp³-hybridized carbons (Fsp3) is 0.400. The van der Waals surface area contributed by atoms with Gasteiger partial charge in [0.1, 0.15) is 6.29 Å². The molecular formula is C15H17N3O2. The SMILES string of the molecule is N#Cc1ccc(NC(=O)CN2CCC(C=O)CC2)cc1. The van der Waals surface area contributed by atoms with Gasteiger partial charge in [-0.15, -0.1) is 0 Å². The summed E-state index contributed by atoms with van der Waals surface area (Å²) in [7, 11) is 0. The first-order valence-electron chi connectivity index (χ1n) is 6.69. The zero-order valence-corrected chi connectivity index (χ0v) is 11.2. The second-order valence-electron chi connectivity index (χ2n) is 4.99. The van der Waals surface area contributed by atoms with Crippen LogP contribution < -0.4 is 5.32 Å². The summed E-state index contributed by atoms with van der Waals surface area (Å²) >= 11 is 0. The van der Waals surface area contributed by atoms with Crippen LogP contribution in [0.25, 0.3) is 0 Å². The van der Waals surface area contributed by atoms with Crippen molar-refractivity contribution in [3.63, 3.8) is 0 Å². The van der Waals surface area contributed by atoms with Gasteiger partial charge in [0.25, 0.3) is 0 Å². The zero-order valence-electron chi connectivity index (χ0n) is 11.2. The molecule has 2 rings (SSSR count). The number of hydrogen-bond acceptors (Lipinski definition) is 4. The van der Waals surface area contributed by atoms with E-state index >= 15 is 0 Å². The predicted molar refractivity (Wildman–Crippen MR) is 75.0 cm³/mol. The van der Waals surface area contributed by atoms with Gasteiger partial charge >= 0.3 is 0 Å². The topological polar surface area (TPSA) is 73.2 Å². The highest BCUT2D eigenvalue weighted by molar-refractivity contribution is 5.92. The predicted octanol–water partition coefficient (Wildman–Crippen LogP) is 1.41. The van der Waals surface area contributed by atoms with Crippen LogP contribution in [0.1, 0.15) is 18.4 Å². The molecule has 0 atom stereocenters. The minimum absolute atomic E-state index is 0.0701. The van der Waals surface area contributed by atoms with Crippen LogP contribution in [0, 0.1) is 17.2 Å². The highest BCUT2D eigenvalue weighted by atomic mass is 16.2. The molecule has 0 unspecified atom stereocenters. The third kappa shape index (κ3) is 3.90. The van der Waals surface area contributed by atoms with Crippen LogP contribution in [-0.2, 0) is 9.59 Å². The number of nitriles is 1. The van der Waals surface area contributed by atoms with Crippen LogP contribution in [0.15, 0.2) is 24.3 Å². The number of likely N-dealkylation sites (tertiary alicyclic amines) is 1. The smallest absolute Gasteiger partial charge is 0.238 e. The molecule has 0 spiro atoms. The van der Waals surface area contributed by atoms with Gasteiger partial charge in [-0.05, 0) is 50.2 Å². The number of carbonyl (C=O) groups excluding carboxylic acids is 2. The Morgan fingerprint density at radius 2 is 2.00 bits per heavy atom. The fourth-order valence-corrected chi connectivity index (χ4v) is 2.28. The maximum Gasteiger partial charge on any atom is 0.238 e. The summed E-state index contributed by atoms with van der Waals surface area (Å²) in [5, 5.41) is 11.5. The summed E-state index contributed by atoms with van der Waals surface area (Å²) in [5.74, 6) is 0.0760. The van der Waals surface area contributed by atoms with Crippen molar-refractivity contribution in [3.8, 4) is 6.07 Å². The van der Waals surface area contributed by atoms with Crippen LogP contribution in [0.2, 0.25) is 0 Å². The molecule has 104 valence electrons. The first-order chi connectivity index (χ1) is 9.71. The van der Waals surface area contributed by atoms with E-state index in [0.29, 0.717) is 17.8 Å². The molecule has 1 amide bonds. The van der Waals surface area contributed by atoms with Gasteiger partial charge in [-0.25, -0.2) is 0 Å². The Labute approximate surface area is 118 Å². The van der Waals surface area contributed by atoms with E-state index in [0.717, 1.165) is 32.2 Å².